The van der Waals surface area contributed by atoms with Gasteiger partial charge < -0.3 is 10.4 Å². The van der Waals surface area contributed by atoms with Crippen molar-refractivity contribution in [3.05, 3.63) is 17.6 Å². The van der Waals surface area contributed by atoms with Crippen LogP contribution in [0.5, 0.6) is 0 Å². The monoisotopic (exact) mass is 247 g/mol. The minimum Gasteiger partial charge on any atom is -0.480 e. The molecule has 0 unspecified atom stereocenters. The topological polar surface area (TPSA) is 75.1 Å². The van der Waals surface area contributed by atoms with Gasteiger partial charge in [0.25, 0.3) is 0 Å². The van der Waals surface area contributed by atoms with Crippen LogP contribution < -0.4 is 5.32 Å². The smallest absolute Gasteiger partial charge is 0.329 e. The van der Waals surface area contributed by atoms with E-state index in [-0.39, 0.29) is 0 Å². The molecule has 5 nitrogen and oxygen atoms in total. The summed E-state index contributed by atoms with van der Waals surface area (Å²) in [6.07, 6.45) is 8.10. The molecule has 18 heavy (non-hydrogen) atoms. The third-order valence-corrected chi connectivity index (χ3v) is 4.10. The molecule has 0 saturated heterocycles. The Morgan fingerprint density at radius 3 is 2.67 bits per heavy atom. The fourth-order valence-electron chi connectivity index (χ4n) is 2.78. The maximum Gasteiger partial charge on any atom is 0.329 e. The van der Waals surface area contributed by atoms with Gasteiger partial charge >= 0.3 is 5.97 Å². The predicted molar refractivity (Wildman–Crippen MR) is 66.5 cm³/mol. The van der Waals surface area contributed by atoms with E-state index < -0.39 is 11.5 Å². The summed E-state index contributed by atoms with van der Waals surface area (Å²) in [6, 6.07) is 0. The van der Waals surface area contributed by atoms with Crippen molar-refractivity contribution in [3.8, 4) is 0 Å². The van der Waals surface area contributed by atoms with Crippen molar-refractivity contribution in [3.63, 3.8) is 0 Å². The van der Waals surface area contributed by atoms with Crippen molar-refractivity contribution in [1.82, 2.24) is 9.97 Å². The van der Waals surface area contributed by atoms with Crippen molar-refractivity contribution in [2.45, 2.75) is 50.5 Å². The lowest BCUT2D eigenvalue weighted by Crippen LogP contribution is -2.52. The van der Waals surface area contributed by atoms with Crippen molar-refractivity contribution < 1.29 is 9.90 Å². The Morgan fingerprint density at radius 2 is 2.00 bits per heavy atom. The lowest BCUT2D eigenvalue weighted by Gasteiger charge is -2.39. The summed E-state index contributed by atoms with van der Waals surface area (Å²) in [7, 11) is 0. The van der Waals surface area contributed by atoms with Crippen molar-refractivity contribution in [2.24, 2.45) is 0 Å². The van der Waals surface area contributed by atoms with Crippen molar-refractivity contribution >= 4 is 11.8 Å². The first-order valence-electron chi connectivity index (χ1n) is 6.56. The van der Waals surface area contributed by atoms with Crippen LogP contribution in [-0.4, -0.2) is 26.6 Å². The van der Waals surface area contributed by atoms with Gasteiger partial charge in [-0.2, -0.15) is 0 Å². The molecule has 0 spiro atoms. The Kier molecular flexibility index (Phi) is 2.69. The summed E-state index contributed by atoms with van der Waals surface area (Å²) in [5.74, 6) is -0.0290. The maximum absolute atomic E-state index is 11.4. The number of carboxylic acids is 1. The molecule has 3 rings (SSSR count). The van der Waals surface area contributed by atoms with E-state index in [4.69, 9.17) is 0 Å². The molecule has 0 radical (unpaired) electrons. The van der Waals surface area contributed by atoms with Gasteiger partial charge in [-0.05, 0) is 44.9 Å². The largest absolute Gasteiger partial charge is 0.480 e. The number of hydrogen-bond acceptors (Lipinski definition) is 4. The highest BCUT2D eigenvalue weighted by atomic mass is 16.4. The molecule has 96 valence electrons. The van der Waals surface area contributed by atoms with Crippen LogP contribution in [0.3, 0.4) is 0 Å². The van der Waals surface area contributed by atoms with E-state index in [9.17, 15) is 9.90 Å². The van der Waals surface area contributed by atoms with Crippen LogP contribution in [0.4, 0.5) is 5.82 Å². The quantitative estimate of drug-likeness (QED) is 0.851. The van der Waals surface area contributed by atoms with Gasteiger partial charge in [-0.15, -0.1) is 0 Å². The second kappa shape index (κ2) is 4.23. The molecular weight excluding hydrogens is 230 g/mol. The Morgan fingerprint density at radius 1 is 1.22 bits per heavy atom. The zero-order valence-electron chi connectivity index (χ0n) is 10.3. The minimum absolute atomic E-state index is 0.682. The van der Waals surface area contributed by atoms with E-state index in [2.05, 4.69) is 15.3 Å². The number of aliphatic carboxylic acids is 1. The minimum atomic E-state index is -0.792. The molecule has 5 heteroatoms. The Bertz CT molecular complexity index is 483. The van der Waals surface area contributed by atoms with Gasteiger partial charge in [0, 0.05) is 11.3 Å². The average Bonchev–Trinajstić information content (AvgIpc) is 2.33. The van der Waals surface area contributed by atoms with Gasteiger partial charge in [-0.3, -0.25) is 0 Å². The third kappa shape index (κ3) is 1.74. The lowest BCUT2D eigenvalue weighted by atomic mass is 9.76. The highest BCUT2D eigenvalue weighted by Crippen LogP contribution is 2.37. The number of nitrogens with zero attached hydrogens (tertiary/aromatic N) is 2. The third-order valence-electron chi connectivity index (χ3n) is 4.10. The molecule has 2 aliphatic rings. The summed E-state index contributed by atoms with van der Waals surface area (Å²) < 4.78 is 0. The number of aryl methyl sites for hydroxylation is 1. The summed E-state index contributed by atoms with van der Waals surface area (Å²) >= 11 is 0. The van der Waals surface area contributed by atoms with Crippen LogP contribution in [0, 0.1) is 0 Å². The van der Waals surface area contributed by atoms with Gasteiger partial charge in [-0.25, -0.2) is 14.8 Å². The molecule has 1 aromatic heterocycles. The van der Waals surface area contributed by atoms with Crippen LogP contribution >= 0.6 is 0 Å². The predicted octanol–water partition coefficient (Wildman–Crippen LogP) is 1.77. The van der Waals surface area contributed by atoms with Crippen LogP contribution in [0.15, 0.2) is 6.33 Å². The second-order valence-electron chi connectivity index (χ2n) is 5.22. The number of nitrogens with one attached hydrogen (secondary N) is 1. The number of fused-ring (bicyclic) bond motifs is 1. The first kappa shape index (κ1) is 11.4. The second-order valence-corrected chi connectivity index (χ2v) is 5.22. The van der Waals surface area contributed by atoms with E-state index in [0.717, 1.165) is 49.2 Å². The zero-order chi connectivity index (χ0) is 12.6. The first-order valence-corrected chi connectivity index (χ1v) is 6.56. The Hall–Kier alpha value is -1.65. The van der Waals surface area contributed by atoms with Gasteiger partial charge in [0.2, 0.25) is 0 Å². The molecule has 0 amide bonds. The standard InChI is InChI=1S/C13H17N3O2/c17-12(18)13(6-3-7-13)16-11-9-4-1-2-5-10(9)14-8-15-11/h8H,1-7H2,(H,17,18)(H,14,15,16). The zero-order valence-corrected chi connectivity index (χ0v) is 10.3. The number of rotatable bonds is 3. The van der Waals surface area contributed by atoms with Gasteiger partial charge in [0.15, 0.2) is 0 Å². The number of carbonyl (C=O) groups is 1. The molecule has 0 atom stereocenters. The number of carboxylic acid groups (broad SMARTS) is 1. The van der Waals surface area contributed by atoms with E-state index >= 15 is 0 Å². The van der Waals surface area contributed by atoms with Crippen LogP contribution in [0.25, 0.3) is 0 Å². The van der Waals surface area contributed by atoms with Gasteiger partial charge in [0.1, 0.15) is 17.7 Å². The molecule has 1 heterocycles. The number of anilines is 1. The Balaban J connectivity index is 1.91. The number of hydrogen-bond donors (Lipinski definition) is 2. The fraction of sp³-hybridized carbons (Fsp3) is 0.615. The van der Waals surface area contributed by atoms with Crippen LogP contribution in [-0.2, 0) is 17.6 Å². The van der Waals surface area contributed by atoms with Crippen molar-refractivity contribution in [1.29, 1.82) is 0 Å². The van der Waals surface area contributed by atoms with Gasteiger partial charge in [-0.1, -0.05) is 0 Å². The molecule has 1 saturated carbocycles. The van der Waals surface area contributed by atoms with E-state index in [1.54, 1.807) is 6.33 Å². The molecule has 0 aliphatic heterocycles. The normalized spacial score (nSPS) is 20.7. The lowest BCUT2D eigenvalue weighted by molar-refractivity contribution is -0.145. The average molecular weight is 247 g/mol. The van der Waals surface area contributed by atoms with E-state index in [1.165, 1.54) is 0 Å². The Labute approximate surface area is 106 Å². The van der Waals surface area contributed by atoms with E-state index in [0.29, 0.717) is 12.8 Å². The highest BCUT2D eigenvalue weighted by molar-refractivity contribution is 5.84. The first-order chi connectivity index (χ1) is 8.71. The highest BCUT2D eigenvalue weighted by Gasteiger charge is 2.45. The SMILES string of the molecule is O=C(O)C1(Nc2ncnc3c2CCCC3)CCC1. The van der Waals surface area contributed by atoms with Crippen molar-refractivity contribution in [2.75, 3.05) is 5.32 Å². The number of aromatic nitrogens is 2. The van der Waals surface area contributed by atoms with Gasteiger partial charge in [0.05, 0.1) is 0 Å². The van der Waals surface area contributed by atoms with Crippen LogP contribution in [0.1, 0.15) is 43.4 Å². The molecule has 0 bridgehead atoms. The van der Waals surface area contributed by atoms with E-state index in [1.807, 2.05) is 0 Å². The molecule has 2 aliphatic carbocycles. The molecule has 2 N–H and O–H groups in total. The summed E-state index contributed by atoms with van der Waals surface area (Å²) in [6.45, 7) is 0. The summed E-state index contributed by atoms with van der Waals surface area (Å²) in [4.78, 5) is 19.9. The fourth-order valence-corrected chi connectivity index (χ4v) is 2.78. The molecule has 0 aromatic carbocycles. The maximum atomic E-state index is 11.4. The summed E-state index contributed by atoms with van der Waals surface area (Å²) in [5, 5.41) is 12.5. The molecule has 1 aromatic rings. The summed E-state index contributed by atoms with van der Waals surface area (Å²) in [5.41, 5.74) is 1.41. The van der Waals surface area contributed by atoms with Crippen LogP contribution in [0.2, 0.25) is 0 Å². The molecule has 1 fully saturated rings. The molecular formula is C13H17N3O2.